The quantitative estimate of drug-likeness (QED) is 0.485. The Labute approximate surface area is 214 Å². The number of ether oxygens (including phenoxy) is 2. The minimum atomic E-state index is -0.161. The van der Waals surface area contributed by atoms with Gasteiger partial charge in [0.25, 0.3) is 5.91 Å². The average molecular weight is 489 g/mol. The zero-order valence-corrected chi connectivity index (χ0v) is 21.4. The highest BCUT2D eigenvalue weighted by molar-refractivity contribution is 5.94. The third-order valence-corrected chi connectivity index (χ3v) is 7.22. The number of likely N-dealkylation sites (tertiary alicyclic amines) is 1. The summed E-state index contributed by atoms with van der Waals surface area (Å²) in [6.45, 7) is 2.90. The van der Waals surface area contributed by atoms with Crippen molar-refractivity contribution in [2.45, 2.75) is 24.8 Å². The van der Waals surface area contributed by atoms with Crippen LogP contribution in [0.2, 0.25) is 0 Å². The second-order valence-electron chi connectivity index (χ2n) is 9.50. The van der Waals surface area contributed by atoms with Crippen LogP contribution in [0.4, 0.5) is 0 Å². The second kappa shape index (κ2) is 11.6. The molecule has 0 atom stereocenters. The largest absolute Gasteiger partial charge is 0.497 e. The molecule has 36 heavy (non-hydrogen) atoms. The summed E-state index contributed by atoms with van der Waals surface area (Å²) in [7, 11) is 5.10. The molecule has 0 spiro atoms. The van der Waals surface area contributed by atoms with Gasteiger partial charge in [0, 0.05) is 37.7 Å². The van der Waals surface area contributed by atoms with Crippen LogP contribution in [0.5, 0.6) is 11.5 Å². The van der Waals surface area contributed by atoms with Crippen LogP contribution in [0.3, 0.4) is 0 Å². The number of piperidine rings is 1. The number of likely N-dealkylation sites (N-methyl/N-ethyl adjacent to an activating group) is 1. The molecule has 1 N–H and O–H groups in total. The third-order valence-electron chi connectivity index (χ3n) is 7.22. The lowest BCUT2D eigenvalue weighted by atomic mass is 9.69. The molecule has 0 bridgehead atoms. The maximum atomic E-state index is 12.7. The summed E-state index contributed by atoms with van der Waals surface area (Å²) in [5.41, 5.74) is 4.14. The van der Waals surface area contributed by atoms with Crippen molar-refractivity contribution in [3.63, 3.8) is 0 Å². The highest BCUT2D eigenvalue weighted by atomic mass is 16.5. The first kappa shape index (κ1) is 25.7. The second-order valence-corrected chi connectivity index (χ2v) is 9.50. The number of carbonyl (C=O) groups excluding carboxylic acids is 1. The Hall–Kier alpha value is -3.35. The zero-order valence-electron chi connectivity index (χ0n) is 21.4. The summed E-state index contributed by atoms with van der Waals surface area (Å²) >= 11 is 0. The van der Waals surface area contributed by atoms with Gasteiger partial charge in [0.1, 0.15) is 11.5 Å². The molecule has 3 aromatic carbocycles. The monoisotopic (exact) mass is 488 g/mol. The van der Waals surface area contributed by atoms with E-state index in [4.69, 9.17) is 9.47 Å². The van der Waals surface area contributed by atoms with E-state index in [1.807, 2.05) is 42.5 Å². The van der Waals surface area contributed by atoms with Gasteiger partial charge in [-0.3, -0.25) is 9.69 Å². The van der Waals surface area contributed by atoms with Gasteiger partial charge in [-0.25, -0.2) is 0 Å². The predicted molar refractivity (Wildman–Crippen MR) is 142 cm³/mol. The molecule has 0 radical (unpaired) electrons. The number of carbonyl (C=O) groups is 1. The molecular formula is C30H36N2O4. The Morgan fingerprint density at radius 2 is 1.58 bits per heavy atom. The van der Waals surface area contributed by atoms with E-state index < -0.39 is 0 Å². The minimum absolute atomic E-state index is 0.0471. The molecular weight excluding hydrogens is 452 g/mol. The Balaban J connectivity index is 1.62. The van der Waals surface area contributed by atoms with Crippen molar-refractivity contribution in [3.8, 4) is 11.5 Å². The average Bonchev–Trinajstić information content (AvgIpc) is 2.93. The van der Waals surface area contributed by atoms with Crippen molar-refractivity contribution in [1.82, 2.24) is 9.80 Å². The maximum Gasteiger partial charge on any atom is 0.253 e. The molecule has 1 aliphatic rings. The first-order valence-electron chi connectivity index (χ1n) is 12.5. The molecule has 3 aromatic rings. The molecule has 6 heteroatoms. The number of hydrogen-bond acceptors (Lipinski definition) is 5. The molecule has 0 saturated carbocycles. The van der Waals surface area contributed by atoms with E-state index in [0.29, 0.717) is 12.1 Å². The summed E-state index contributed by atoms with van der Waals surface area (Å²) in [5, 5.41) is 9.18. The molecule has 0 aliphatic carbocycles. The summed E-state index contributed by atoms with van der Waals surface area (Å²) < 4.78 is 10.8. The van der Waals surface area contributed by atoms with Gasteiger partial charge in [-0.1, -0.05) is 36.4 Å². The molecule has 0 aromatic heterocycles. The van der Waals surface area contributed by atoms with Gasteiger partial charge >= 0.3 is 0 Å². The summed E-state index contributed by atoms with van der Waals surface area (Å²) in [4.78, 5) is 16.8. The van der Waals surface area contributed by atoms with E-state index in [-0.39, 0.29) is 17.9 Å². The Morgan fingerprint density at radius 1 is 0.972 bits per heavy atom. The number of nitrogens with zero attached hydrogens (tertiary/aromatic N) is 2. The normalized spacial score (nSPS) is 15.3. The number of rotatable bonds is 9. The van der Waals surface area contributed by atoms with Crippen molar-refractivity contribution in [1.29, 1.82) is 0 Å². The van der Waals surface area contributed by atoms with Gasteiger partial charge in [0.2, 0.25) is 0 Å². The Kier molecular flexibility index (Phi) is 8.28. The van der Waals surface area contributed by atoms with Crippen LogP contribution >= 0.6 is 0 Å². The highest BCUT2D eigenvalue weighted by Gasteiger charge is 2.38. The van der Waals surface area contributed by atoms with Crippen LogP contribution in [0.15, 0.2) is 72.8 Å². The van der Waals surface area contributed by atoms with Crippen molar-refractivity contribution < 1.29 is 19.4 Å². The molecule has 4 rings (SSSR count). The lowest BCUT2D eigenvalue weighted by Crippen LogP contribution is -2.46. The topological polar surface area (TPSA) is 62.2 Å². The van der Waals surface area contributed by atoms with E-state index in [0.717, 1.165) is 49.5 Å². The van der Waals surface area contributed by atoms with Crippen LogP contribution in [0.25, 0.3) is 0 Å². The lowest BCUT2D eigenvalue weighted by molar-refractivity contribution is 0.0766. The van der Waals surface area contributed by atoms with Crippen LogP contribution < -0.4 is 9.47 Å². The summed E-state index contributed by atoms with van der Waals surface area (Å²) in [5.74, 6) is 1.63. The summed E-state index contributed by atoms with van der Waals surface area (Å²) in [6.07, 6.45) is 2.11. The van der Waals surface area contributed by atoms with E-state index in [1.165, 1.54) is 11.1 Å². The minimum Gasteiger partial charge on any atom is -0.497 e. The highest BCUT2D eigenvalue weighted by Crippen LogP contribution is 2.41. The van der Waals surface area contributed by atoms with Crippen molar-refractivity contribution in [2.75, 3.05) is 47.5 Å². The van der Waals surface area contributed by atoms with Gasteiger partial charge in [-0.15, -0.1) is 0 Å². The van der Waals surface area contributed by atoms with E-state index in [1.54, 1.807) is 26.2 Å². The first-order valence-corrected chi connectivity index (χ1v) is 12.5. The number of aliphatic hydroxyl groups is 1. The Bertz CT molecular complexity index is 1100. The molecule has 6 nitrogen and oxygen atoms in total. The fourth-order valence-electron chi connectivity index (χ4n) is 5.27. The molecule has 190 valence electrons. The van der Waals surface area contributed by atoms with Crippen molar-refractivity contribution in [3.05, 3.63) is 95.1 Å². The summed E-state index contributed by atoms with van der Waals surface area (Å²) in [6, 6.07) is 24.7. The van der Waals surface area contributed by atoms with E-state index >= 15 is 0 Å². The van der Waals surface area contributed by atoms with Gasteiger partial charge in [-0.05, 0) is 72.5 Å². The van der Waals surface area contributed by atoms with Crippen molar-refractivity contribution in [2.24, 2.45) is 0 Å². The number of benzene rings is 3. The van der Waals surface area contributed by atoms with Gasteiger partial charge in [-0.2, -0.15) is 0 Å². The molecule has 1 heterocycles. The van der Waals surface area contributed by atoms with E-state index in [9.17, 15) is 9.90 Å². The standard InChI is InChI=1S/C30H36N2O4/c1-31(18-19-33)29(34)24-7-4-6-23(20-24)21-32-17-5-16-30(22-32,25-8-12-27(35-2)13-9-25)26-10-14-28(36-3)15-11-26/h4,6-15,20,33H,5,16-19,21-22H2,1-3H3. The number of hydrogen-bond donors (Lipinski definition) is 1. The fourth-order valence-corrected chi connectivity index (χ4v) is 5.27. The van der Waals surface area contributed by atoms with Gasteiger partial charge in [0.05, 0.1) is 20.8 Å². The fraction of sp³-hybridized carbons (Fsp3) is 0.367. The smallest absolute Gasteiger partial charge is 0.253 e. The zero-order chi connectivity index (χ0) is 25.5. The van der Waals surface area contributed by atoms with E-state index in [2.05, 4.69) is 35.2 Å². The van der Waals surface area contributed by atoms with Gasteiger partial charge in [0.15, 0.2) is 0 Å². The lowest BCUT2D eigenvalue weighted by Gasteiger charge is -2.44. The number of aliphatic hydroxyl groups excluding tert-OH is 1. The number of amides is 1. The molecule has 1 fully saturated rings. The van der Waals surface area contributed by atoms with Crippen molar-refractivity contribution >= 4 is 5.91 Å². The maximum absolute atomic E-state index is 12.7. The molecule has 1 saturated heterocycles. The SMILES string of the molecule is COc1ccc(C2(c3ccc(OC)cc3)CCCN(Cc3cccc(C(=O)N(C)CCO)c3)C2)cc1. The molecule has 0 unspecified atom stereocenters. The van der Waals surface area contributed by atoms with Crippen LogP contribution in [-0.2, 0) is 12.0 Å². The molecule has 1 aliphatic heterocycles. The molecule has 1 amide bonds. The third kappa shape index (κ3) is 5.55. The predicted octanol–water partition coefficient (Wildman–Crippen LogP) is 4.35. The van der Waals surface area contributed by atoms with Gasteiger partial charge < -0.3 is 19.5 Å². The Morgan fingerprint density at radius 3 is 2.14 bits per heavy atom. The number of methoxy groups -OCH3 is 2. The van der Waals surface area contributed by atoms with Crippen LogP contribution in [-0.4, -0.2) is 68.3 Å². The van der Waals surface area contributed by atoms with Crippen LogP contribution in [0, 0.1) is 0 Å². The first-order chi connectivity index (χ1) is 17.5. The van der Waals surface area contributed by atoms with Crippen LogP contribution in [0.1, 0.15) is 39.9 Å².